The van der Waals surface area contributed by atoms with E-state index in [1.807, 2.05) is 26.1 Å². The molecule has 0 spiro atoms. The summed E-state index contributed by atoms with van der Waals surface area (Å²) >= 11 is 1.56. The van der Waals surface area contributed by atoms with Crippen LogP contribution in [0.3, 0.4) is 0 Å². The van der Waals surface area contributed by atoms with Gasteiger partial charge in [-0.15, -0.1) is 11.3 Å². The van der Waals surface area contributed by atoms with Crippen LogP contribution in [0.15, 0.2) is 29.8 Å². The maximum Gasteiger partial charge on any atom is 0.251 e. The van der Waals surface area contributed by atoms with E-state index in [9.17, 15) is 4.79 Å². The van der Waals surface area contributed by atoms with Crippen LogP contribution in [0, 0.1) is 6.92 Å². The van der Waals surface area contributed by atoms with Crippen molar-refractivity contribution in [3.8, 4) is 0 Å². The Labute approximate surface area is 110 Å². The van der Waals surface area contributed by atoms with Gasteiger partial charge in [0.1, 0.15) is 0 Å². The van der Waals surface area contributed by atoms with Gasteiger partial charge in [0.25, 0.3) is 5.91 Å². The molecule has 0 saturated carbocycles. The predicted molar refractivity (Wildman–Crippen MR) is 74.0 cm³/mol. The largest absolute Gasteiger partial charge is 0.388 e. The smallest absolute Gasteiger partial charge is 0.251 e. The Morgan fingerprint density at radius 1 is 1.33 bits per heavy atom. The summed E-state index contributed by atoms with van der Waals surface area (Å²) in [6, 6.07) is 7.38. The summed E-state index contributed by atoms with van der Waals surface area (Å²) in [4.78, 5) is 17.1. The minimum atomic E-state index is -0.0644. The molecule has 1 amide bonds. The first-order valence-corrected chi connectivity index (χ1v) is 6.53. The average Bonchev–Trinajstić information content (AvgIpc) is 2.81. The molecular weight excluding hydrogens is 246 g/mol. The van der Waals surface area contributed by atoms with Gasteiger partial charge in [0.05, 0.1) is 17.7 Å². The Morgan fingerprint density at radius 3 is 2.61 bits per heavy atom. The van der Waals surface area contributed by atoms with Gasteiger partial charge in [-0.1, -0.05) is 0 Å². The first-order chi connectivity index (χ1) is 8.70. The highest BCUT2D eigenvalue weighted by atomic mass is 32.1. The predicted octanol–water partition coefficient (Wildman–Crippen LogP) is 2.42. The van der Waals surface area contributed by atoms with Gasteiger partial charge in [-0.05, 0) is 31.2 Å². The summed E-state index contributed by atoms with van der Waals surface area (Å²) < 4.78 is 0. The molecule has 2 rings (SSSR count). The number of carbonyl (C=O) groups is 1. The highest BCUT2D eigenvalue weighted by Crippen LogP contribution is 2.12. The van der Waals surface area contributed by atoms with Gasteiger partial charge in [-0.25, -0.2) is 4.98 Å². The van der Waals surface area contributed by atoms with Gasteiger partial charge in [0, 0.05) is 23.2 Å². The van der Waals surface area contributed by atoms with E-state index in [0.29, 0.717) is 12.1 Å². The van der Waals surface area contributed by atoms with Crippen LogP contribution in [-0.4, -0.2) is 17.9 Å². The summed E-state index contributed by atoms with van der Waals surface area (Å²) in [5.41, 5.74) is 4.42. The van der Waals surface area contributed by atoms with Crippen LogP contribution < -0.4 is 10.6 Å². The molecule has 18 heavy (non-hydrogen) atoms. The van der Waals surface area contributed by atoms with Crippen LogP contribution in [-0.2, 0) is 6.54 Å². The van der Waals surface area contributed by atoms with Crippen molar-refractivity contribution in [3.05, 3.63) is 45.9 Å². The van der Waals surface area contributed by atoms with Crippen molar-refractivity contribution in [2.45, 2.75) is 13.5 Å². The number of nitrogens with zero attached hydrogens (tertiary/aromatic N) is 1. The Bertz CT molecular complexity index is 533. The number of carbonyl (C=O) groups excluding carboxylic acids is 1. The number of nitrogens with one attached hydrogen (secondary N) is 2. The number of rotatable bonds is 4. The van der Waals surface area contributed by atoms with Crippen LogP contribution >= 0.6 is 11.3 Å². The van der Waals surface area contributed by atoms with Crippen molar-refractivity contribution in [2.24, 2.45) is 0 Å². The van der Waals surface area contributed by atoms with Crippen molar-refractivity contribution in [2.75, 3.05) is 12.4 Å². The monoisotopic (exact) mass is 261 g/mol. The normalized spacial score (nSPS) is 10.1. The van der Waals surface area contributed by atoms with Gasteiger partial charge in [-0.3, -0.25) is 4.79 Å². The van der Waals surface area contributed by atoms with E-state index in [1.165, 1.54) is 0 Å². The highest BCUT2D eigenvalue weighted by Gasteiger charge is 2.07. The second-order valence-electron chi connectivity index (χ2n) is 3.87. The second-order valence-corrected chi connectivity index (χ2v) is 4.81. The molecule has 1 heterocycles. The van der Waals surface area contributed by atoms with Crippen LogP contribution in [0.5, 0.6) is 0 Å². The quantitative estimate of drug-likeness (QED) is 0.888. The molecule has 0 bridgehead atoms. The van der Waals surface area contributed by atoms with E-state index < -0.39 is 0 Å². The van der Waals surface area contributed by atoms with Crippen molar-refractivity contribution in [3.63, 3.8) is 0 Å². The Morgan fingerprint density at radius 2 is 2.06 bits per heavy atom. The van der Waals surface area contributed by atoms with E-state index in [1.54, 1.807) is 29.0 Å². The van der Waals surface area contributed by atoms with Gasteiger partial charge in [0.15, 0.2) is 0 Å². The van der Waals surface area contributed by atoms with Gasteiger partial charge in [-0.2, -0.15) is 0 Å². The number of aryl methyl sites for hydroxylation is 1. The van der Waals surface area contributed by atoms with Crippen molar-refractivity contribution < 1.29 is 4.79 Å². The number of amides is 1. The van der Waals surface area contributed by atoms with Crippen molar-refractivity contribution in [1.82, 2.24) is 10.3 Å². The Balaban J connectivity index is 1.97. The summed E-state index contributed by atoms with van der Waals surface area (Å²) in [7, 11) is 1.85. The molecule has 0 unspecified atom stereocenters. The third-order valence-corrected chi connectivity index (χ3v) is 3.63. The molecule has 0 saturated heterocycles. The molecule has 0 radical (unpaired) electrons. The van der Waals surface area contributed by atoms with Crippen LogP contribution in [0.1, 0.15) is 20.9 Å². The number of anilines is 1. The molecule has 1 aromatic carbocycles. The highest BCUT2D eigenvalue weighted by molar-refractivity contribution is 7.09. The first-order valence-electron chi connectivity index (χ1n) is 5.65. The minimum absolute atomic E-state index is 0.0644. The minimum Gasteiger partial charge on any atom is -0.388 e. The first kappa shape index (κ1) is 12.6. The molecule has 0 atom stereocenters. The lowest BCUT2D eigenvalue weighted by atomic mass is 10.2. The maximum absolute atomic E-state index is 11.9. The number of benzene rings is 1. The zero-order valence-corrected chi connectivity index (χ0v) is 11.2. The Hall–Kier alpha value is -1.88. The standard InChI is InChI=1S/C13H15N3OS/c1-9-12(18-8-16-9)7-15-13(17)10-3-5-11(14-2)6-4-10/h3-6,8,14H,7H2,1-2H3,(H,15,17). The second kappa shape index (κ2) is 5.64. The van der Waals surface area contributed by atoms with Crippen LogP contribution in [0.25, 0.3) is 0 Å². The molecule has 5 heteroatoms. The zero-order valence-electron chi connectivity index (χ0n) is 10.4. The third-order valence-electron chi connectivity index (χ3n) is 2.69. The van der Waals surface area contributed by atoms with E-state index in [4.69, 9.17) is 0 Å². The Kier molecular flexibility index (Phi) is 3.94. The summed E-state index contributed by atoms with van der Waals surface area (Å²) in [6.45, 7) is 2.48. The van der Waals surface area contributed by atoms with E-state index >= 15 is 0 Å². The molecule has 0 aliphatic rings. The van der Waals surface area contributed by atoms with Gasteiger partial charge in [0.2, 0.25) is 0 Å². The number of hydrogen-bond donors (Lipinski definition) is 2. The molecule has 4 nitrogen and oxygen atoms in total. The topological polar surface area (TPSA) is 54.0 Å². The molecule has 2 N–H and O–H groups in total. The fourth-order valence-corrected chi connectivity index (χ4v) is 2.26. The summed E-state index contributed by atoms with van der Waals surface area (Å²) in [5.74, 6) is -0.0644. The third kappa shape index (κ3) is 2.87. The van der Waals surface area contributed by atoms with Crippen LogP contribution in [0.4, 0.5) is 5.69 Å². The van der Waals surface area contributed by atoms with Gasteiger partial charge >= 0.3 is 0 Å². The lowest BCUT2D eigenvalue weighted by molar-refractivity contribution is 0.0951. The fourth-order valence-electron chi connectivity index (χ4n) is 1.55. The summed E-state index contributed by atoms with van der Waals surface area (Å²) in [6.07, 6.45) is 0. The van der Waals surface area contributed by atoms with E-state index in [2.05, 4.69) is 15.6 Å². The molecule has 0 aliphatic heterocycles. The molecule has 0 fully saturated rings. The molecule has 2 aromatic rings. The van der Waals surface area contributed by atoms with Gasteiger partial charge < -0.3 is 10.6 Å². The zero-order chi connectivity index (χ0) is 13.0. The number of aromatic nitrogens is 1. The molecular formula is C13H15N3OS. The van der Waals surface area contributed by atoms with Crippen molar-refractivity contribution in [1.29, 1.82) is 0 Å². The molecule has 94 valence electrons. The number of thiazole rings is 1. The van der Waals surface area contributed by atoms with Crippen molar-refractivity contribution >= 4 is 22.9 Å². The SMILES string of the molecule is CNc1ccc(C(=O)NCc2scnc2C)cc1. The maximum atomic E-state index is 11.9. The van der Waals surface area contributed by atoms with Crippen LogP contribution in [0.2, 0.25) is 0 Å². The average molecular weight is 261 g/mol. The lowest BCUT2D eigenvalue weighted by Gasteiger charge is -2.05. The lowest BCUT2D eigenvalue weighted by Crippen LogP contribution is -2.22. The number of hydrogen-bond acceptors (Lipinski definition) is 4. The summed E-state index contributed by atoms with van der Waals surface area (Å²) in [5, 5.41) is 5.91. The van der Waals surface area contributed by atoms with E-state index in [-0.39, 0.29) is 5.91 Å². The molecule has 0 aliphatic carbocycles. The molecule has 1 aromatic heterocycles. The van der Waals surface area contributed by atoms with E-state index in [0.717, 1.165) is 16.3 Å². The fraction of sp³-hybridized carbons (Fsp3) is 0.231.